The van der Waals surface area contributed by atoms with Crippen LogP contribution in [0.3, 0.4) is 0 Å². The standard InChI is InChI=1S/C14H18N4O/c1-2-19-10-12-6-4-3-5-11(12)9-17-13-7-8-16-14(15)18-13/h3-8H,2,9-10H2,1H3,(H3,15,16,17,18). The molecule has 1 aromatic carbocycles. The molecule has 0 saturated heterocycles. The van der Waals surface area contributed by atoms with Crippen molar-refractivity contribution in [2.24, 2.45) is 0 Å². The van der Waals surface area contributed by atoms with Gasteiger partial charge in [0.15, 0.2) is 0 Å². The minimum atomic E-state index is 0.271. The van der Waals surface area contributed by atoms with Gasteiger partial charge >= 0.3 is 0 Å². The predicted molar refractivity (Wildman–Crippen MR) is 75.5 cm³/mol. The number of nitrogens with zero attached hydrogens (tertiary/aromatic N) is 2. The zero-order chi connectivity index (χ0) is 13.5. The van der Waals surface area contributed by atoms with Gasteiger partial charge in [-0.15, -0.1) is 0 Å². The van der Waals surface area contributed by atoms with Crippen LogP contribution >= 0.6 is 0 Å². The van der Waals surface area contributed by atoms with E-state index in [9.17, 15) is 0 Å². The summed E-state index contributed by atoms with van der Waals surface area (Å²) in [6.07, 6.45) is 1.64. The van der Waals surface area contributed by atoms with E-state index in [4.69, 9.17) is 10.5 Å². The molecule has 0 bridgehead atoms. The van der Waals surface area contributed by atoms with Crippen LogP contribution in [0.5, 0.6) is 0 Å². The van der Waals surface area contributed by atoms with Crippen molar-refractivity contribution in [1.82, 2.24) is 9.97 Å². The van der Waals surface area contributed by atoms with Gasteiger partial charge in [0, 0.05) is 19.3 Å². The first-order valence-corrected chi connectivity index (χ1v) is 6.26. The summed E-state index contributed by atoms with van der Waals surface area (Å²) in [4.78, 5) is 7.96. The van der Waals surface area contributed by atoms with Crippen LogP contribution in [-0.2, 0) is 17.9 Å². The third-order valence-corrected chi connectivity index (χ3v) is 2.71. The molecule has 5 heteroatoms. The Bertz CT molecular complexity index is 530. The first-order chi connectivity index (χ1) is 9.29. The number of benzene rings is 1. The third kappa shape index (κ3) is 3.93. The van der Waals surface area contributed by atoms with Crippen molar-refractivity contribution in [2.75, 3.05) is 17.7 Å². The fourth-order valence-electron chi connectivity index (χ4n) is 1.74. The van der Waals surface area contributed by atoms with Gasteiger partial charge in [-0.05, 0) is 24.1 Å². The quantitative estimate of drug-likeness (QED) is 0.831. The first-order valence-electron chi connectivity index (χ1n) is 6.26. The van der Waals surface area contributed by atoms with E-state index in [0.717, 1.165) is 5.82 Å². The predicted octanol–water partition coefficient (Wildman–Crippen LogP) is 2.21. The Kier molecular flexibility index (Phi) is 4.69. The monoisotopic (exact) mass is 258 g/mol. The molecule has 1 heterocycles. The highest BCUT2D eigenvalue weighted by molar-refractivity contribution is 5.39. The fourth-order valence-corrected chi connectivity index (χ4v) is 1.74. The molecule has 0 radical (unpaired) electrons. The lowest BCUT2D eigenvalue weighted by atomic mass is 10.1. The molecule has 0 unspecified atom stereocenters. The maximum absolute atomic E-state index is 5.54. The van der Waals surface area contributed by atoms with Crippen LogP contribution in [0, 0.1) is 0 Å². The number of hydrogen-bond donors (Lipinski definition) is 2. The highest BCUT2D eigenvalue weighted by Crippen LogP contribution is 2.12. The molecule has 3 N–H and O–H groups in total. The van der Waals surface area contributed by atoms with Crippen LogP contribution in [0.4, 0.5) is 11.8 Å². The molecule has 1 aromatic heterocycles. The van der Waals surface area contributed by atoms with Crippen LogP contribution in [0.1, 0.15) is 18.1 Å². The molecular weight excluding hydrogens is 240 g/mol. The Morgan fingerprint density at radius 2 is 2.00 bits per heavy atom. The SMILES string of the molecule is CCOCc1ccccc1CNc1ccnc(N)n1. The summed E-state index contributed by atoms with van der Waals surface area (Å²) in [6.45, 7) is 4.01. The van der Waals surface area contributed by atoms with Crippen molar-refractivity contribution in [2.45, 2.75) is 20.1 Å². The van der Waals surface area contributed by atoms with Crippen LogP contribution in [0.25, 0.3) is 0 Å². The van der Waals surface area contributed by atoms with Gasteiger partial charge in [0.05, 0.1) is 6.61 Å². The van der Waals surface area contributed by atoms with Crippen molar-refractivity contribution in [3.05, 3.63) is 47.7 Å². The van der Waals surface area contributed by atoms with Crippen molar-refractivity contribution < 1.29 is 4.74 Å². The highest BCUT2D eigenvalue weighted by atomic mass is 16.5. The Hall–Kier alpha value is -2.14. The van der Waals surface area contributed by atoms with Crippen LogP contribution in [0.15, 0.2) is 36.5 Å². The molecule has 0 amide bonds. The Morgan fingerprint density at radius 3 is 2.74 bits per heavy atom. The van der Waals surface area contributed by atoms with E-state index in [-0.39, 0.29) is 5.95 Å². The number of nitrogen functional groups attached to an aromatic ring is 1. The molecule has 5 nitrogen and oxygen atoms in total. The summed E-state index contributed by atoms with van der Waals surface area (Å²) in [5.74, 6) is 0.992. The van der Waals surface area contributed by atoms with Gasteiger partial charge in [-0.2, -0.15) is 4.98 Å². The molecule has 0 aliphatic heterocycles. The molecule has 2 aromatic rings. The summed E-state index contributed by atoms with van der Waals surface area (Å²) in [6, 6.07) is 9.97. The molecular formula is C14H18N4O. The molecule has 100 valence electrons. The lowest BCUT2D eigenvalue weighted by Crippen LogP contribution is -2.06. The molecule has 0 fully saturated rings. The minimum Gasteiger partial charge on any atom is -0.377 e. The van der Waals surface area contributed by atoms with E-state index in [0.29, 0.717) is 19.8 Å². The van der Waals surface area contributed by atoms with Gasteiger partial charge in [0.1, 0.15) is 5.82 Å². The second-order valence-electron chi connectivity index (χ2n) is 4.06. The van der Waals surface area contributed by atoms with Crippen molar-refractivity contribution in [3.8, 4) is 0 Å². The summed E-state index contributed by atoms with van der Waals surface area (Å²) in [5, 5.41) is 3.23. The smallest absolute Gasteiger partial charge is 0.221 e. The van der Waals surface area contributed by atoms with E-state index in [2.05, 4.69) is 27.4 Å². The van der Waals surface area contributed by atoms with E-state index in [1.807, 2.05) is 19.1 Å². The van der Waals surface area contributed by atoms with Gasteiger partial charge in [-0.1, -0.05) is 24.3 Å². The van der Waals surface area contributed by atoms with Gasteiger partial charge < -0.3 is 15.8 Å². The highest BCUT2D eigenvalue weighted by Gasteiger charge is 2.02. The zero-order valence-corrected chi connectivity index (χ0v) is 11.0. The second-order valence-corrected chi connectivity index (χ2v) is 4.06. The van der Waals surface area contributed by atoms with Gasteiger partial charge in [-0.3, -0.25) is 0 Å². The van der Waals surface area contributed by atoms with Crippen LogP contribution in [0.2, 0.25) is 0 Å². The van der Waals surface area contributed by atoms with E-state index in [1.54, 1.807) is 12.3 Å². The molecule has 0 aliphatic rings. The number of nitrogens with one attached hydrogen (secondary N) is 1. The minimum absolute atomic E-state index is 0.271. The average molecular weight is 258 g/mol. The number of ether oxygens (including phenoxy) is 1. The Morgan fingerprint density at radius 1 is 1.21 bits per heavy atom. The van der Waals surface area contributed by atoms with Gasteiger partial charge in [0.2, 0.25) is 5.95 Å². The van der Waals surface area contributed by atoms with Crippen molar-refractivity contribution >= 4 is 11.8 Å². The number of rotatable bonds is 6. The molecule has 0 spiro atoms. The number of aromatic nitrogens is 2. The van der Waals surface area contributed by atoms with Crippen molar-refractivity contribution in [1.29, 1.82) is 0 Å². The Balaban J connectivity index is 2.02. The van der Waals surface area contributed by atoms with Crippen LogP contribution < -0.4 is 11.1 Å². The number of hydrogen-bond acceptors (Lipinski definition) is 5. The zero-order valence-electron chi connectivity index (χ0n) is 11.0. The van der Waals surface area contributed by atoms with E-state index in [1.165, 1.54) is 11.1 Å². The fraction of sp³-hybridized carbons (Fsp3) is 0.286. The average Bonchev–Trinajstić information content (AvgIpc) is 2.44. The molecule has 0 atom stereocenters. The Labute approximate surface area is 112 Å². The maximum atomic E-state index is 5.54. The number of nitrogens with two attached hydrogens (primary N) is 1. The lowest BCUT2D eigenvalue weighted by molar-refractivity contribution is 0.133. The normalized spacial score (nSPS) is 10.4. The number of anilines is 2. The summed E-state index contributed by atoms with van der Waals surface area (Å²) in [7, 11) is 0. The lowest BCUT2D eigenvalue weighted by Gasteiger charge is -2.11. The van der Waals surface area contributed by atoms with Crippen LogP contribution in [-0.4, -0.2) is 16.6 Å². The van der Waals surface area contributed by atoms with E-state index < -0.39 is 0 Å². The molecule has 2 rings (SSSR count). The summed E-state index contributed by atoms with van der Waals surface area (Å²) >= 11 is 0. The first kappa shape index (κ1) is 13.3. The second kappa shape index (κ2) is 6.70. The molecule has 19 heavy (non-hydrogen) atoms. The third-order valence-electron chi connectivity index (χ3n) is 2.71. The van der Waals surface area contributed by atoms with Gasteiger partial charge in [-0.25, -0.2) is 4.98 Å². The molecule has 0 saturated carbocycles. The summed E-state index contributed by atoms with van der Waals surface area (Å²) < 4.78 is 5.46. The summed E-state index contributed by atoms with van der Waals surface area (Å²) in [5.41, 5.74) is 7.91. The van der Waals surface area contributed by atoms with E-state index >= 15 is 0 Å². The van der Waals surface area contributed by atoms with Gasteiger partial charge in [0.25, 0.3) is 0 Å². The topological polar surface area (TPSA) is 73.1 Å². The largest absolute Gasteiger partial charge is 0.377 e. The molecule has 0 aliphatic carbocycles. The van der Waals surface area contributed by atoms with Crippen molar-refractivity contribution in [3.63, 3.8) is 0 Å². The maximum Gasteiger partial charge on any atom is 0.221 e.